The van der Waals surface area contributed by atoms with E-state index in [1.165, 1.54) is 12.1 Å². The number of fused-ring (bicyclic) bond motifs is 1. The van der Waals surface area contributed by atoms with Gasteiger partial charge < -0.3 is 10.2 Å². The Balaban J connectivity index is 1.59. The van der Waals surface area contributed by atoms with Crippen molar-refractivity contribution in [2.45, 2.75) is 19.3 Å². The molecule has 0 unspecified atom stereocenters. The first kappa shape index (κ1) is 15.2. The fourth-order valence-corrected chi connectivity index (χ4v) is 2.68. The molecule has 2 amide bonds. The van der Waals surface area contributed by atoms with E-state index in [2.05, 4.69) is 5.32 Å². The molecule has 2 aromatic rings. The van der Waals surface area contributed by atoms with Crippen molar-refractivity contribution >= 4 is 23.2 Å². The van der Waals surface area contributed by atoms with E-state index in [4.69, 9.17) is 0 Å². The van der Waals surface area contributed by atoms with Crippen LogP contribution in [-0.4, -0.2) is 18.9 Å². The lowest BCUT2D eigenvalue weighted by molar-refractivity contribution is -0.117. The number of likely N-dealkylation sites (N-methyl/N-ethyl adjacent to an activating group) is 1. The quantitative estimate of drug-likeness (QED) is 0.943. The highest BCUT2D eigenvalue weighted by Gasteiger charge is 2.23. The van der Waals surface area contributed by atoms with E-state index >= 15 is 0 Å². The molecule has 0 radical (unpaired) electrons. The van der Waals surface area contributed by atoms with Crippen LogP contribution in [0.5, 0.6) is 0 Å². The van der Waals surface area contributed by atoms with Gasteiger partial charge in [-0.05, 0) is 47.9 Å². The van der Waals surface area contributed by atoms with Crippen molar-refractivity contribution in [3.63, 3.8) is 0 Å². The summed E-state index contributed by atoms with van der Waals surface area (Å²) in [4.78, 5) is 25.3. The molecule has 0 aromatic heterocycles. The normalized spacial score (nSPS) is 13.1. The third-order valence-corrected chi connectivity index (χ3v) is 3.99. The summed E-state index contributed by atoms with van der Waals surface area (Å²) in [6.45, 7) is 0. The highest BCUT2D eigenvalue weighted by Crippen LogP contribution is 2.30. The number of rotatable bonds is 4. The molecule has 1 aliphatic rings. The number of carbonyl (C=O) groups is 2. The third-order valence-electron chi connectivity index (χ3n) is 3.99. The highest BCUT2D eigenvalue weighted by molar-refractivity contribution is 6.02. The number of carbonyl (C=O) groups excluding carboxylic acids is 2. The highest BCUT2D eigenvalue weighted by atomic mass is 19.1. The molecule has 118 valence electrons. The monoisotopic (exact) mass is 312 g/mol. The summed E-state index contributed by atoms with van der Waals surface area (Å²) in [5.74, 6) is -0.331. The second-order valence-corrected chi connectivity index (χ2v) is 5.65. The van der Waals surface area contributed by atoms with Gasteiger partial charge in [-0.15, -0.1) is 0 Å². The summed E-state index contributed by atoms with van der Waals surface area (Å²) in [6.07, 6.45) is 1.24. The first-order valence-corrected chi connectivity index (χ1v) is 7.47. The fourth-order valence-electron chi connectivity index (χ4n) is 2.68. The van der Waals surface area contributed by atoms with Crippen molar-refractivity contribution in [3.8, 4) is 0 Å². The number of hydrogen-bond donors (Lipinski definition) is 1. The minimum absolute atomic E-state index is 0.0554. The van der Waals surface area contributed by atoms with Crippen LogP contribution in [0, 0.1) is 5.82 Å². The predicted molar refractivity (Wildman–Crippen MR) is 86.9 cm³/mol. The van der Waals surface area contributed by atoms with Crippen molar-refractivity contribution in [2.75, 3.05) is 17.3 Å². The molecule has 2 aromatic carbocycles. The van der Waals surface area contributed by atoms with Crippen LogP contribution in [0.4, 0.5) is 15.8 Å². The average Bonchev–Trinajstić information content (AvgIpc) is 2.81. The Morgan fingerprint density at radius 1 is 1.22 bits per heavy atom. The Morgan fingerprint density at radius 2 is 1.96 bits per heavy atom. The minimum atomic E-state index is -0.282. The molecule has 1 heterocycles. The van der Waals surface area contributed by atoms with Gasteiger partial charge in [0.1, 0.15) is 5.82 Å². The van der Waals surface area contributed by atoms with E-state index in [0.717, 1.165) is 16.8 Å². The summed E-state index contributed by atoms with van der Waals surface area (Å²) in [6, 6.07) is 11.6. The van der Waals surface area contributed by atoms with Crippen LogP contribution in [0.25, 0.3) is 0 Å². The van der Waals surface area contributed by atoms with Gasteiger partial charge in [0.15, 0.2) is 0 Å². The smallest absolute Gasteiger partial charge is 0.231 e. The molecule has 0 atom stereocenters. The third kappa shape index (κ3) is 3.39. The molecule has 1 N–H and O–H groups in total. The number of amides is 2. The number of nitrogens with one attached hydrogen (secondary N) is 1. The molecule has 1 aliphatic heterocycles. The zero-order valence-electron chi connectivity index (χ0n) is 12.8. The minimum Gasteiger partial charge on any atom is -0.326 e. The van der Waals surface area contributed by atoms with E-state index < -0.39 is 0 Å². The Morgan fingerprint density at radius 3 is 2.70 bits per heavy atom. The van der Waals surface area contributed by atoms with Crippen LogP contribution in [-0.2, 0) is 22.4 Å². The van der Waals surface area contributed by atoms with Crippen LogP contribution in [0.15, 0.2) is 42.5 Å². The molecule has 0 spiro atoms. The van der Waals surface area contributed by atoms with Crippen molar-refractivity contribution in [3.05, 3.63) is 59.4 Å². The lowest BCUT2D eigenvalue weighted by atomic mass is 10.1. The van der Waals surface area contributed by atoms with Gasteiger partial charge in [-0.1, -0.05) is 12.1 Å². The van der Waals surface area contributed by atoms with Gasteiger partial charge in [-0.25, -0.2) is 4.39 Å². The Hall–Kier alpha value is -2.69. The largest absolute Gasteiger partial charge is 0.326 e. The Bertz CT molecular complexity index is 756. The van der Waals surface area contributed by atoms with Crippen LogP contribution in [0.1, 0.15) is 17.5 Å². The molecule has 3 rings (SSSR count). The van der Waals surface area contributed by atoms with Crippen molar-refractivity contribution < 1.29 is 14.0 Å². The standard InChI is InChI=1S/C18H17FN2O2/c1-21-16-8-7-15(10-13(16)11-18(21)23)20-17(22)9-4-12-2-5-14(19)6-3-12/h2-3,5-8,10H,4,9,11H2,1H3,(H,20,22). The van der Waals surface area contributed by atoms with Crippen molar-refractivity contribution in [2.24, 2.45) is 0 Å². The number of aryl methyl sites for hydroxylation is 1. The van der Waals surface area contributed by atoms with Gasteiger partial charge in [-0.2, -0.15) is 0 Å². The predicted octanol–water partition coefficient (Wildman–Crippen LogP) is 2.92. The van der Waals surface area contributed by atoms with E-state index in [1.807, 2.05) is 12.1 Å². The van der Waals surface area contributed by atoms with Crippen LogP contribution < -0.4 is 10.2 Å². The topological polar surface area (TPSA) is 49.4 Å². The molecule has 4 nitrogen and oxygen atoms in total. The van der Waals surface area contributed by atoms with E-state index in [-0.39, 0.29) is 17.6 Å². The molecular formula is C18H17FN2O2. The van der Waals surface area contributed by atoms with Gasteiger partial charge in [0.2, 0.25) is 11.8 Å². The number of benzene rings is 2. The molecule has 0 bridgehead atoms. The van der Waals surface area contributed by atoms with Gasteiger partial charge in [-0.3, -0.25) is 9.59 Å². The maximum Gasteiger partial charge on any atom is 0.231 e. The van der Waals surface area contributed by atoms with E-state index in [0.29, 0.717) is 24.9 Å². The summed E-state index contributed by atoms with van der Waals surface area (Å²) < 4.78 is 12.8. The number of halogens is 1. The summed E-state index contributed by atoms with van der Waals surface area (Å²) in [5, 5.41) is 2.84. The van der Waals surface area contributed by atoms with Gasteiger partial charge in [0.25, 0.3) is 0 Å². The summed E-state index contributed by atoms with van der Waals surface area (Å²) in [7, 11) is 1.75. The first-order valence-electron chi connectivity index (χ1n) is 7.47. The summed E-state index contributed by atoms with van der Waals surface area (Å²) >= 11 is 0. The van der Waals surface area contributed by atoms with Crippen LogP contribution in [0.2, 0.25) is 0 Å². The lowest BCUT2D eigenvalue weighted by Crippen LogP contribution is -2.20. The Labute approximate surface area is 133 Å². The number of nitrogens with zero attached hydrogens (tertiary/aromatic N) is 1. The van der Waals surface area contributed by atoms with Crippen molar-refractivity contribution in [1.29, 1.82) is 0 Å². The van der Waals surface area contributed by atoms with Crippen LogP contribution in [0.3, 0.4) is 0 Å². The molecule has 0 saturated carbocycles. The average molecular weight is 312 g/mol. The maximum absolute atomic E-state index is 12.8. The second-order valence-electron chi connectivity index (χ2n) is 5.65. The maximum atomic E-state index is 12.8. The number of anilines is 2. The molecule has 0 aliphatic carbocycles. The lowest BCUT2D eigenvalue weighted by Gasteiger charge is -2.11. The van der Waals surface area contributed by atoms with E-state index in [9.17, 15) is 14.0 Å². The fraction of sp³-hybridized carbons (Fsp3) is 0.222. The van der Waals surface area contributed by atoms with E-state index in [1.54, 1.807) is 30.1 Å². The zero-order chi connectivity index (χ0) is 16.4. The molecule has 0 fully saturated rings. The Kier molecular flexibility index (Phi) is 4.10. The van der Waals surface area contributed by atoms with Gasteiger partial charge in [0.05, 0.1) is 6.42 Å². The second kappa shape index (κ2) is 6.20. The van der Waals surface area contributed by atoms with Gasteiger partial charge >= 0.3 is 0 Å². The SMILES string of the molecule is CN1C(=O)Cc2cc(NC(=O)CCc3ccc(F)cc3)ccc21. The molecular weight excluding hydrogens is 295 g/mol. The number of hydrogen-bond acceptors (Lipinski definition) is 2. The summed E-state index contributed by atoms with van der Waals surface area (Å²) in [5.41, 5.74) is 3.42. The molecule has 23 heavy (non-hydrogen) atoms. The van der Waals surface area contributed by atoms with Crippen molar-refractivity contribution in [1.82, 2.24) is 0 Å². The molecule has 0 saturated heterocycles. The zero-order valence-corrected chi connectivity index (χ0v) is 12.8. The van der Waals surface area contributed by atoms with Gasteiger partial charge in [0, 0.05) is 24.8 Å². The van der Waals surface area contributed by atoms with Crippen LogP contribution >= 0.6 is 0 Å². The molecule has 5 heteroatoms. The first-order chi connectivity index (χ1) is 11.0.